The number of aromatic nitrogens is 2. The van der Waals surface area contributed by atoms with Crippen LogP contribution in [0.25, 0.3) is 5.69 Å². The Morgan fingerprint density at radius 2 is 2.16 bits per heavy atom. The number of carbonyl (C=O) groups excluding carboxylic acids is 1. The molecule has 0 bridgehead atoms. The molecule has 1 amide bonds. The number of para-hydroxylation sites is 1. The van der Waals surface area contributed by atoms with E-state index in [-0.39, 0.29) is 11.4 Å². The van der Waals surface area contributed by atoms with Gasteiger partial charge < -0.3 is 10.6 Å². The first-order valence-corrected chi connectivity index (χ1v) is 8.36. The van der Waals surface area contributed by atoms with E-state index in [1.165, 1.54) is 16.8 Å². The molecule has 0 saturated carbocycles. The third kappa shape index (κ3) is 3.46. The minimum Gasteiger partial charge on any atom is -0.337 e. The van der Waals surface area contributed by atoms with Gasteiger partial charge in [0.2, 0.25) is 5.43 Å². The molecule has 0 aliphatic carbocycles. The van der Waals surface area contributed by atoms with Crippen molar-refractivity contribution >= 4 is 5.91 Å². The second kappa shape index (κ2) is 7.14. The Kier molecular flexibility index (Phi) is 4.94. The van der Waals surface area contributed by atoms with Gasteiger partial charge in [0.1, 0.15) is 11.5 Å². The van der Waals surface area contributed by atoms with Gasteiger partial charge in [-0.3, -0.25) is 9.59 Å². The van der Waals surface area contributed by atoms with Crippen LogP contribution in [0.1, 0.15) is 29.0 Å². The largest absolute Gasteiger partial charge is 0.337 e. The van der Waals surface area contributed by atoms with Crippen molar-refractivity contribution in [3.63, 3.8) is 0 Å². The highest BCUT2D eigenvalue weighted by Crippen LogP contribution is 2.20. The van der Waals surface area contributed by atoms with E-state index >= 15 is 0 Å². The fourth-order valence-corrected chi connectivity index (χ4v) is 3.20. The van der Waals surface area contributed by atoms with Crippen LogP contribution in [0.15, 0.2) is 35.1 Å². The summed E-state index contributed by atoms with van der Waals surface area (Å²) in [6.45, 7) is 3.39. The molecule has 1 atom stereocenters. The first-order valence-electron chi connectivity index (χ1n) is 8.36. The lowest BCUT2D eigenvalue weighted by atomic mass is 10.1. The molecule has 1 aromatic carbocycles. The Hall–Kier alpha value is -2.54. The lowest BCUT2D eigenvalue weighted by Gasteiger charge is -2.17. The van der Waals surface area contributed by atoms with E-state index in [0.29, 0.717) is 31.2 Å². The van der Waals surface area contributed by atoms with Gasteiger partial charge in [-0.05, 0) is 44.4 Å². The molecule has 7 heteroatoms. The first-order chi connectivity index (χ1) is 12.0. The third-order valence-electron chi connectivity index (χ3n) is 4.54. The maximum absolute atomic E-state index is 14.1. The molecule has 1 saturated heterocycles. The first kappa shape index (κ1) is 17.3. The maximum Gasteiger partial charge on any atom is 0.278 e. The Morgan fingerprint density at radius 3 is 2.88 bits per heavy atom. The van der Waals surface area contributed by atoms with Gasteiger partial charge in [-0.15, -0.1) is 0 Å². The molecule has 1 unspecified atom stereocenters. The van der Waals surface area contributed by atoms with Crippen LogP contribution in [-0.2, 0) is 0 Å². The molecule has 2 heterocycles. The summed E-state index contributed by atoms with van der Waals surface area (Å²) >= 11 is 0. The molecular weight excluding hydrogens is 323 g/mol. The SMILES string of the molecule is Cc1cc(=O)c(C(=O)N2CCC(CCN)C2)nn1-c1ccccc1F. The predicted octanol–water partition coefficient (Wildman–Crippen LogP) is 1.49. The van der Waals surface area contributed by atoms with Crippen molar-refractivity contribution in [1.82, 2.24) is 14.7 Å². The molecule has 3 rings (SSSR count). The van der Waals surface area contributed by atoms with Gasteiger partial charge >= 0.3 is 0 Å². The van der Waals surface area contributed by atoms with Crippen molar-refractivity contribution < 1.29 is 9.18 Å². The van der Waals surface area contributed by atoms with Crippen LogP contribution in [0.4, 0.5) is 4.39 Å². The van der Waals surface area contributed by atoms with Crippen molar-refractivity contribution in [3.8, 4) is 5.69 Å². The normalized spacial score (nSPS) is 17.1. The summed E-state index contributed by atoms with van der Waals surface area (Å²) in [7, 11) is 0. The number of rotatable bonds is 4. The van der Waals surface area contributed by atoms with E-state index in [1.807, 2.05) is 0 Å². The van der Waals surface area contributed by atoms with Crippen LogP contribution in [0.5, 0.6) is 0 Å². The molecule has 25 heavy (non-hydrogen) atoms. The zero-order valence-electron chi connectivity index (χ0n) is 14.1. The van der Waals surface area contributed by atoms with Crippen molar-refractivity contribution in [1.29, 1.82) is 0 Å². The van der Waals surface area contributed by atoms with Crippen molar-refractivity contribution in [3.05, 3.63) is 57.8 Å². The van der Waals surface area contributed by atoms with Gasteiger partial charge in [-0.2, -0.15) is 5.10 Å². The number of nitrogens with zero attached hydrogens (tertiary/aromatic N) is 3. The average Bonchev–Trinajstić information content (AvgIpc) is 3.04. The highest BCUT2D eigenvalue weighted by Gasteiger charge is 2.29. The quantitative estimate of drug-likeness (QED) is 0.911. The van der Waals surface area contributed by atoms with Crippen LogP contribution >= 0.6 is 0 Å². The van der Waals surface area contributed by atoms with Gasteiger partial charge in [0, 0.05) is 24.8 Å². The topological polar surface area (TPSA) is 81.2 Å². The summed E-state index contributed by atoms with van der Waals surface area (Å²) in [5, 5.41) is 4.17. The molecule has 1 aromatic heterocycles. The zero-order valence-corrected chi connectivity index (χ0v) is 14.1. The zero-order chi connectivity index (χ0) is 18.0. The molecule has 2 aromatic rings. The summed E-state index contributed by atoms with van der Waals surface area (Å²) in [5.74, 6) is -0.521. The number of hydrogen-bond donors (Lipinski definition) is 1. The molecule has 2 N–H and O–H groups in total. The number of amides is 1. The minimum absolute atomic E-state index is 0.178. The fourth-order valence-electron chi connectivity index (χ4n) is 3.20. The summed E-state index contributed by atoms with van der Waals surface area (Å²) < 4.78 is 15.4. The van der Waals surface area contributed by atoms with Gasteiger partial charge in [0.15, 0.2) is 5.69 Å². The monoisotopic (exact) mass is 344 g/mol. The number of hydrogen-bond acceptors (Lipinski definition) is 4. The number of aryl methyl sites for hydroxylation is 1. The molecule has 0 radical (unpaired) electrons. The Morgan fingerprint density at radius 1 is 1.40 bits per heavy atom. The van der Waals surface area contributed by atoms with Crippen LogP contribution in [0, 0.1) is 18.7 Å². The predicted molar refractivity (Wildman–Crippen MR) is 92.2 cm³/mol. The minimum atomic E-state index is -0.468. The lowest BCUT2D eigenvalue weighted by molar-refractivity contribution is 0.0777. The Bertz CT molecular complexity index is 849. The van der Waals surface area contributed by atoms with Crippen LogP contribution in [0.3, 0.4) is 0 Å². The highest BCUT2D eigenvalue weighted by atomic mass is 19.1. The van der Waals surface area contributed by atoms with Gasteiger partial charge in [-0.25, -0.2) is 9.07 Å². The maximum atomic E-state index is 14.1. The molecular formula is C18H21FN4O2. The lowest BCUT2D eigenvalue weighted by Crippen LogP contribution is -2.35. The number of likely N-dealkylation sites (tertiary alicyclic amines) is 1. The number of halogens is 1. The molecule has 1 aliphatic heterocycles. The molecule has 132 valence electrons. The smallest absolute Gasteiger partial charge is 0.278 e. The average molecular weight is 344 g/mol. The van der Waals surface area contributed by atoms with Crippen LogP contribution in [0.2, 0.25) is 0 Å². The summed E-state index contributed by atoms with van der Waals surface area (Å²) in [6.07, 6.45) is 1.72. The van der Waals surface area contributed by atoms with E-state index in [1.54, 1.807) is 30.0 Å². The van der Waals surface area contributed by atoms with Gasteiger partial charge in [-0.1, -0.05) is 12.1 Å². The molecule has 0 spiro atoms. The fraction of sp³-hybridized carbons (Fsp3) is 0.389. The Labute approximate surface area is 145 Å². The second-order valence-corrected chi connectivity index (χ2v) is 6.35. The van der Waals surface area contributed by atoms with Crippen LogP contribution in [-0.4, -0.2) is 40.2 Å². The number of benzene rings is 1. The van der Waals surface area contributed by atoms with Crippen molar-refractivity contribution in [2.75, 3.05) is 19.6 Å². The van der Waals surface area contributed by atoms with E-state index in [9.17, 15) is 14.0 Å². The Balaban J connectivity index is 1.95. The van der Waals surface area contributed by atoms with E-state index in [2.05, 4.69) is 5.10 Å². The molecule has 6 nitrogen and oxygen atoms in total. The highest BCUT2D eigenvalue weighted by molar-refractivity contribution is 5.92. The summed E-state index contributed by atoms with van der Waals surface area (Å²) in [4.78, 5) is 26.6. The number of carbonyl (C=O) groups is 1. The third-order valence-corrected chi connectivity index (χ3v) is 4.54. The van der Waals surface area contributed by atoms with Crippen LogP contribution < -0.4 is 11.2 Å². The summed E-state index contributed by atoms with van der Waals surface area (Å²) in [5.41, 5.74) is 5.62. The van der Waals surface area contributed by atoms with Crippen molar-refractivity contribution in [2.45, 2.75) is 19.8 Å². The van der Waals surface area contributed by atoms with Gasteiger partial charge in [0.25, 0.3) is 5.91 Å². The van der Waals surface area contributed by atoms with Crippen molar-refractivity contribution in [2.24, 2.45) is 11.7 Å². The second-order valence-electron chi connectivity index (χ2n) is 6.35. The van der Waals surface area contributed by atoms with E-state index < -0.39 is 17.2 Å². The summed E-state index contributed by atoms with van der Waals surface area (Å²) in [6, 6.07) is 7.44. The number of nitrogens with two attached hydrogens (primary N) is 1. The van der Waals surface area contributed by atoms with Gasteiger partial charge in [0.05, 0.1) is 0 Å². The standard InChI is InChI=1S/C18H21FN4O2/c1-12-10-16(24)17(18(25)22-9-7-13(11-22)6-8-20)21-23(12)15-5-3-2-4-14(15)19/h2-5,10,13H,6-9,11,20H2,1H3. The molecule has 1 aliphatic rings. The van der Waals surface area contributed by atoms with E-state index in [4.69, 9.17) is 5.73 Å². The van der Waals surface area contributed by atoms with E-state index in [0.717, 1.165) is 12.8 Å². The molecule has 1 fully saturated rings.